The maximum Gasteiger partial charge on any atom is 0.251 e. The number of H-pyrrole nitrogens is 1. The summed E-state index contributed by atoms with van der Waals surface area (Å²) in [5, 5.41) is 7.51. The molecule has 0 spiro atoms. The Kier molecular flexibility index (Phi) is 6.57. The summed E-state index contributed by atoms with van der Waals surface area (Å²) in [6.45, 7) is 3.65. The number of nitrogens with zero attached hydrogens (tertiary/aromatic N) is 1. The van der Waals surface area contributed by atoms with Gasteiger partial charge in [0.15, 0.2) is 5.16 Å². The molecule has 0 saturated carbocycles. The van der Waals surface area contributed by atoms with E-state index < -0.39 is 15.3 Å². The number of amides is 1. The van der Waals surface area contributed by atoms with Gasteiger partial charge in [-0.1, -0.05) is 31.2 Å². The van der Waals surface area contributed by atoms with E-state index in [1.807, 2.05) is 6.92 Å². The number of rotatable bonds is 7. The normalized spacial score (nSPS) is 12.6. The highest BCUT2D eigenvalue weighted by atomic mass is 32.2. The predicted molar refractivity (Wildman–Crippen MR) is 101 cm³/mol. The zero-order chi connectivity index (χ0) is 19.3. The molecule has 2 aromatic rings. The third-order valence-electron chi connectivity index (χ3n) is 3.37. The number of sulfonamides is 1. The fourth-order valence-electron chi connectivity index (χ4n) is 2.14. The minimum atomic E-state index is -3.85. The molecular formula is C16H20N4O4S2. The smallest absolute Gasteiger partial charge is 0.251 e. The van der Waals surface area contributed by atoms with E-state index in [9.17, 15) is 18.0 Å². The largest absolute Gasteiger partial charge is 0.325 e. The van der Waals surface area contributed by atoms with Crippen molar-refractivity contribution in [2.24, 2.45) is 5.14 Å². The Labute approximate surface area is 155 Å². The molecule has 1 aromatic carbocycles. The zero-order valence-corrected chi connectivity index (χ0v) is 16.0. The summed E-state index contributed by atoms with van der Waals surface area (Å²) in [6, 6.07) is 7.12. The number of thioether (sulfide) groups is 1. The van der Waals surface area contributed by atoms with E-state index in [1.165, 1.54) is 24.3 Å². The van der Waals surface area contributed by atoms with Crippen molar-refractivity contribution in [3.63, 3.8) is 0 Å². The molecular weight excluding hydrogens is 376 g/mol. The van der Waals surface area contributed by atoms with E-state index in [0.29, 0.717) is 23.0 Å². The lowest BCUT2D eigenvalue weighted by Crippen LogP contribution is -2.23. The quantitative estimate of drug-likeness (QED) is 0.479. The van der Waals surface area contributed by atoms with Gasteiger partial charge in [0.1, 0.15) is 0 Å². The number of aromatic amines is 1. The molecule has 140 valence electrons. The van der Waals surface area contributed by atoms with Crippen LogP contribution >= 0.6 is 11.8 Å². The highest BCUT2D eigenvalue weighted by molar-refractivity contribution is 8.00. The highest BCUT2D eigenvalue weighted by Gasteiger charge is 2.17. The van der Waals surface area contributed by atoms with Crippen molar-refractivity contribution in [1.82, 2.24) is 9.97 Å². The first-order valence-corrected chi connectivity index (χ1v) is 10.3. The molecule has 0 aliphatic carbocycles. The number of hydrogen-bond donors (Lipinski definition) is 3. The Morgan fingerprint density at radius 3 is 2.77 bits per heavy atom. The van der Waals surface area contributed by atoms with Crippen molar-refractivity contribution in [1.29, 1.82) is 0 Å². The van der Waals surface area contributed by atoms with Crippen LogP contribution in [0.5, 0.6) is 0 Å². The topological polar surface area (TPSA) is 135 Å². The summed E-state index contributed by atoms with van der Waals surface area (Å²) in [5.41, 5.74) is 0.724. The second kappa shape index (κ2) is 8.47. The zero-order valence-electron chi connectivity index (χ0n) is 14.4. The Balaban J connectivity index is 2.10. The molecule has 10 heteroatoms. The van der Waals surface area contributed by atoms with Gasteiger partial charge in [-0.15, -0.1) is 0 Å². The molecule has 0 radical (unpaired) electrons. The average molecular weight is 396 g/mol. The van der Waals surface area contributed by atoms with Crippen LogP contribution in [0, 0.1) is 0 Å². The Bertz CT molecular complexity index is 957. The Morgan fingerprint density at radius 2 is 2.12 bits per heavy atom. The molecule has 1 heterocycles. The molecule has 2 rings (SSSR count). The SMILES string of the molecule is CCCc1cc(=O)[nH]c(S[C@@H](C)C(=O)Nc2cccc(S(N)(=O)=O)c2)n1. The van der Waals surface area contributed by atoms with Crippen LogP contribution in [0.25, 0.3) is 0 Å². The summed E-state index contributed by atoms with van der Waals surface area (Å²) >= 11 is 1.11. The second-order valence-electron chi connectivity index (χ2n) is 5.61. The summed E-state index contributed by atoms with van der Waals surface area (Å²) in [7, 11) is -3.85. The van der Waals surface area contributed by atoms with Crippen LogP contribution in [0.1, 0.15) is 26.0 Å². The first-order valence-electron chi connectivity index (χ1n) is 7.89. The first-order chi connectivity index (χ1) is 12.2. The van der Waals surface area contributed by atoms with Gasteiger partial charge in [0.2, 0.25) is 15.9 Å². The maximum absolute atomic E-state index is 12.3. The number of anilines is 1. The first kappa shape index (κ1) is 20.1. The van der Waals surface area contributed by atoms with Crippen molar-refractivity contribution < 1.29 is 13.2 Å². The Hall–Kier alpha value is -2.17. The maximum atomic E-state index is 12.3. The summed E-state index contributed by atoms with van der Waals surface area (Å²) in [6.07, 6.45) is 1.54. The summed E-state index contributed by atoms with van der Waals surface area (Å²) in [4.78, 5) is 30.9. The number of carbonyl (C=O) groups is 1. The summed E-state index contributed by atoms with van der Waals surface area (Å²) in [5.74, 6) is -0.356. The predicted octanol–water partition coefficient (Wildman–Crippen LogP) is 1.49. The van der Waals surface area contributed by atoms with Crippen molar-refractivity contribution in [3.05, 3.63) is 46.4 Å². The van der Waals surface area contributed by atoms with Gasteiger partial charge < -0.3 is 10.3 Å². The molecule has 0 saturated heterocycles. The molecule has 0 unspecified atom stereocenters. The van der Waals surface area contributed by atoms with Crippen molar-refractivity contribution >= 4 is 33.4 Å². The van der Waals surface area contributed by atoms with Crippen molar-refractivity contribution in [2.45, 2.75) is 42.0 Å². The number of nitrogens with one attached hydrogen (secondary N) is 2. The van der Waals surface area contributed by atoms with Gasteiger partial charge in [0.05, 0.1) is 10.1 Å². The van der Waals surface area contributed by atoms with Crippen LogP contribution in [0.15, 0.2) is 45.2 Å². The number of primary sulfonamides is 1. The molecule has 0 aliphatic rings. The van der Waals surface area contributed by atoms with Gasteiger partial charge in [0, 0.05) is 17.4 Å². The number of aryl methyl sites for hydroxylation is 1. The monoisotopic (exact) mass is 396 g/mol. The van der Waals surface area contributed by atoms with Crippen LogP contribution < -0.4 is 16.0 Å². The Morgan fingerprint density at radius 1 is 1.38 bits per heavy atom. The van der Waals surface area contributed by atoms with Crippen molar-refractivity contribution in [3.8, 4) is 0 Å². The molecule has 8 nitrogen and oxygen atoms in total. The molecule has 26 heavy (non-hydrogen) atoms. The van der Waals surface area contributed by atoms with Gasteiger partial charge in [-0.2, -0.15) is 0 Å². The highest BCUT2D eigenvalue weighted by Crippen LogP contribution is 2.21. The van der Waals surface area contributed by atoms with Gasteiger partial charge in [-0.05, 0) is 31.5 Å². The lowest BCUT2D eigenvalue weighted by molar-refractivity contribution is -0.115. The van der Waals surface area contributed by atoms with Gasteiger partial charge in [-0.3, -0.25) is 9.59 Å². The van der Waals surface area contributed by atoms with E-state index >= 15 is 0 Å². The third-order valence-corrected chi connectivity index (χ3v) is 5.26. The lowest BCUT2D eigenvalue weighted by atomic mass is 10.2. The second-order valence-corrected chi connectivity index (χ2v) is 8.50. The fraction of sp³-hybridized carbons (Fsp3) is 0.312. The minimum Gasteiger partial charge on any atom is -0.325 e. The number of hydrogen-bond acceptors (Lipinski definition) is 6. The molecule has 1 amide bonds. The standard InChI is InChI=1S/C16H20N4O4S2/c1-3-5-11-9-14(21)20-16(19-11)25-10(2)15(22)18-12-6-4-7-13(8-12)26(17,23)24/h4,6-10H,3,5H2,1-2H3,(H,18,22)(H2,17,23,24)(H,19,20,21)/t10-/m0/s1. The molecule has 4 N–H and O–H groups in total. The molecule has 0 fully saturated rings. The number of nitrogens with two attached hydrogens (primary N) is 1. The average Bonchev–Trinajstić information content (AvgIpc) is 2.54. The van der Waals surface area contributed by atoms with E-state index in [2.05, 4.69) is 15.3 Å². The molecule has 1 aromatic heterocycles. The number of aromatic nitrogens is 2. The van der Waals surface area contributed by atoms with E-state index in [1.54, 1.807) is 13.0 Å². The number of carbonyl (C=O) groups excluding carboxylic acids is 1. The van der Waals surface area contributed by atoms with Gasteiger partial charge in [-0.25, -0.2) is 18.5 Å². The molecule has 0 bridgehead atoms. The molecule has 0 aliphatic heterocycles. The van der Waals surface area contributed by atoms with Crippen LogP contribution in [-0.4, -0.2) is 29.5 Å². The minimum absolute atomic E-state index is 0.0890. The van der Waals surface area contributed by atoms with Crippen LogP contribution in [-0.2, 0) is 21.2 Å². The van der Waals surface area contributed by atoms with Crippen LogP contribution in [0.4, 0.5) is 5.69 Å². The number of benzene rings is 1. The summed E-state index contributed by atoms with van der Waals surface area (Å²) < 4.78 is 22.8. The van der Waals surface area contributed by atoms with E-state index in [4.69, 9.17) is 5.14 Å². The van der Waals surface area contributed by atoms with Crippen LogP contribution in [0.3, 0.4) is 0 Å². The van der Waals surface area contributed by atoms with Crippen LogP contribution in [0.2, 0.25) is 0 Å². The lowest BCUT2D eigenvalue weighted by Gasteiger charge is -2.12. The van der Waals surface area contributed by atoms with Crippen molar-refractivity contribution in [2.75, 3.05) is 5.32 Å². The van der Waals surface area contributed by atoms with Gasteiger partial charge in [0.25, 0.3) is 5.56 Å². The fourth-order valence-corrected chi connectivity index (χ4v) is 3.53. The van der Waals surface area contributed by atoms with Gasteiger partial charge >= 0.3 is 0 Å². The van der Waals surface area contributed by atoms with E-state index in [0.717, 1.165) is 18.2 Å². The van der Waals surface area contributed by atoms with E-state index in [-0.39, 0.29) is 16.4 Å². The molecule has 1 atom stereocenters. The third kappa shape index (κ3) is 5.68.